The molecule has 40 valence electrons. The summed E-state index contributed by atoms with van der Waals surface area (Å²) in [5, 5.41) is 0. The molecule has 0 atom stereocenters. The fourth-order valence-corrected chi connectivity index (χ4v) is 0.430. The van der Waals surface area contributed by atoms with Crippen molar-refractivity contribution in [3.63, 3.8) is 0 Å². The predicted octanol–water partition coefficient (Wildman–Crippen LogP) is 0.141. The van der Waals surface area contributed by atoms with Crippen molar-refractivity contribution in [2.75, 3.05) is 0 Å². The molecular formula is C6H6N2. The van der Waals surface area contributed by atoms with E-state index < -0.39 is 0 Å². The smallest absolute Gasteiger partial charge is 0.0653 e. The van der Waals surface area contributed by atoms with Crippen LogP contribution in [0.15, 0.2) is 12.1 Å². The third kappa shape index (κ3) is 0.955. The molecular weight excluding hydrogens is 100 g/mol. The average Bonchev–Trinajstić information content (AvgIpc) is 1.90. The Bertz CT molecular complexity index is 148. The first-order valence-corrected chi connectivity index (χ1v) is 2.37. The number of aromatic nitrogens is 1. The molecule has 2 heteroatoms. The molecule has 8 heavy (non-hydrogen) atoms. The standard InChI is InChI=1S/C6H6N2/c7-5-6-3-1-2-4-8-6/h1,3H,5,7H2. The Morgan fingerprint density at radius 2 is 2.62 bits per heavy atom. The maximum Gasteiger partial charge on any atom is 0.0653 e. The number of nitrogens with zero attached hydrogens (tertiary/aromatic N) is 1. The van der Waals surface area contributed by atoms with E-state index in [1.807, 2.05) is 6.07 Å². The van der Waals surface area contributed by atoms with E-state index >= 15 is 0 Å². The van der Waals surface area contributed by atoms with Crippen LogP contribution < -0.4 is 5.73 Å². The van der Waals surface area contributed by atoms with Gasteiger partial charge in [-0.25, -0.2) is 4.98 Å². The monoisotopic (exact) mass is 106 g/mol. The highest BCUT2D eigenvalue weighted by atomic mass is 14.7. The number of rotatable bonds is 1. The Morgan fingerprint density at radius 3 is 3.00 bits per heavy atom. The normalized spacial score (nSPS) is 8.12. The maximum atomic E-state index is 5.25. The second-order valence-corrected chi connectivity index (χ2v) is 1.40. The molecule has 2 N–H and O–H groups in total. The van der Waals surface area contributed by atoms with Crippen LogP contribution in [0, 0.1) is 12.3 Å². The van der Waals surface area contributed by atoms with Crippen molar-refractivity contribution < 1.29 is 0 Å². The molecule has 0 saturated heterocycles. The highest BCUT2D eigenvalue weighted by Crippen LogP contribution is 1.84. The fourth-order valence-electron chi connectivity index (χ4n) is 0.430. The first kappa shape index (κ1) is 5.07. The van der Waals surface area contributed by atoms with Crippen LogP contribution in [0.4, 0.5) is 0 Å². The summed E-state index contributed by atoms with van der Waals surface area (Å²) in [6, 6.07) is 6.24. The molecule has 2 nitrogen and oxygen atoms in total. The zero-order valence-electron chi connectivity index (χ0n) is 4.39. The van der Waals surface area contributed by atoms with Crippen LogP contribution in [0.5, 0.6) is 0 Å². The van der Waals surface area contributed by atoms with Crippen molar-refractivity contribution in [3.05, 3.63) is 30.1 Å². The van der Waals surface area contributed by atoms with Gasteiger partial charge in [0.15, 0.2) is 0 Å². The topological polar surface area (TPSA) is 38.9 Å². The Morgan fingerprint density at radius 1 is 1.75 bits per heavy atom. The van der Waals surface area contributed by atoms with Gasteiger partial charge in [-0.1, -0.05) is 0 Å². The minimum atomic E-state index is 0.477. The van der Waals surface area contributed by atoms with E-state index in [9.17, 15) is 0 Å². The number of nitrogens with two attached hydrogens (primary N) is 1. The summed E-state index contributed by atoms with van der Waals surface area (Å²) < 4.78 is 0. The van der Waals surface area contributed by atoms with E-state index in [1.54, 1.807) is 6.07 Å². The van der Waals surface area contributed by atoms with Crippen molar-refractivity contribution in [3.8, 4) is 0 Å². The first-order valence-electron chi connectivity index (χ1n) is 2.37. The second kappa shape index (κ2) is 2.29. The molecule has 0 aliphatic heterocycles. The van der Waals surface area contributed by atoms with E-state index in [2.05, 4.69) is 17.2 Å². The van der Waals surface area contributed by atoms with E-state index in [1.165, 1.54) is 0 Å². The summed E-state index contributed by atoms with van der Waals surface area (Å²) in [5.41, 5.74) is 6.10. The van der Waals surface area contributed by atoms with Crippen molar-refractivity contribution in [2.45, 2.75) is 6.54 Å². The van der Waals surface area contributed by atoms with Crippen LogP contribution in [0.2, 0.25) is 0 Å². The van der Waals surface area contributed by atoms with E-state index in [0.717, 1.165) is 5.69 Å². The summed E-state index contributed by atoms with van der Waals surface area (Å²) in [5.74, 6) is 0. The molecule has 1 rings (SSSR count). The van der Waals surface area contributed by atoms with Gasteiger partial charge < -0.3 is 5.73 Å². The van der Waals surface area contributed by atoms with Crippen molar-refractivity contribution in [1.82, 2.24) is 4.98 Å². The fraction of sp³-hybridized carbons (Fsp3) is 0.167. The lowest BCUT2D eigenvalue weighted by Gasteiger charge is -1.84. The second-order valence-electron chi connectivity index (χ2n) is 1.40. The molecule has 0 aromatic carbocycles. The number of hydrogen-bond donors (Lipinski definition) is 1. The molecule has 0 saturated carbocycles. The molecule has 1 aromatic heterocycles. The predicted molar refractivity (Wildman–Crippen MR) is 29.8 cm³/mol. The van der Waals surface area contributed by atoms with Crippen molar-refractivity contribution in [2.24, 2.45) is 5.73 Å². The van der Waals surface area contributed by atoms with Crippen molar-refractivity contribution >= 4 is 0 Å². The van der Waals surface area contributed by atoms with Crippen LogP contribution in [-0.2, 0) is 6.54 Å². The van der Waals surface area contributed by atoms with Gasteiger partial charge in [0.1, 0.15) is 0 Å². The Kier molecular flexibility index (Phi) is 1.45. The highest BCUT2D eigenvalue weighted by Gasteiger charge is 1.81. The first-order chi connectivity index (χ1) is 3.93. The molecule has 0 aliphatic carbocycles. The molecule has 0 spiro atoms. The summed E-state index contributed by atoms with van der Waals surface area (Å²) in [6.45, 7) is 0.477. The SMILES string of the molecule is NCc1ccc#cn1. The third-order valence-electron chi connectivity index (χ3n) is 0.832. The Hall–Kier alpha value is -1.07. The van der Waals surface area contributed by atoms with Gasteiger partial charge in [0.25, 0.3) is 0 Å². The lowest BCUT2D eigenvalue weighted by Crippen LogP contribution is -1.96. The largest absolute Gasteiger partial charge is 0.325 e. The van der Waals surface area contributed by atoms with Crippen LogP contribution in [0.1, 0.15) is 5.69 Å². The average molecular weight is 106 g/mol. The minimum absolute atomic E-state index is 0.477. The molecule has 1 aromatic rings. The Labute approximate surface area is 48.4 Å². The van der Waals surface area contributed by atoms with Crippen LogP contribution >= 0.6 is 0 Å². The molecule has 0 radical (unpaired) electrons. The van der Waals surface area contributed by atoms with Crippen LogP contribution in [-0.4, -0.2) is 4.98 Å². The van der Waals surface area contributed by atoms with E-state index in [0.29, 0.717) is 6.54 Å². The summed E-state index contributed by atoms with van der Waals surface area (Å²) >= 11 is 0. The molecule has 0 aliphatic rings. The lowest BCUT2D eigenvalue weighted by molar-refractivity contribution is 0.993. The molecule has 0 amide bonds. The van der Waals surface area contributed by atoms with Crippen LogP contribution in [0.25, 0.3) is 0 Å². The number of hydrogen-bond acceptors (Lipinski definition) is 2. The molecule has 0 unspecified atom stereocenters. The van der Waals surface area contributed by atoms with Gasteiger partial charge in [-0.15, -0.1) is 0 Å². The summed E-state index contributed by atoms with van der Waals surface area (Å²) in [6.07, 6.45) is 2.56. The van der Waals surface area contributed by atoms with Gasteiger partial charge in [0.2, 0.25) is 0 Å². The zero-order chi connectivity index (χ0) is 5.82. The van der Waals surface area contributed by atoms with E-state index in [4.69, 9.17) is 5.73 Å². The van der Waals surface area contributed by atoms with Gasteiger partial charge >= 0.3 is 0 Å². The lowest BCUT2D eigenvalue weighted by atomic mass is 10.4. The van der Waals surface area contributed by atoms with Crippen molar-refractivity contribution in [1.29, 1.82) is 0 Å². The van der Waals surface area contributed by atoms with Gasteiger partial charge in [0, 0.05) is 12.7 Å². The zero-order valence-corrected chi connectivity index (χ0v) is 4.39. The third-order valence-corrected chi connectivity index (χ3v) is 0.832. The molecule has 0 bridgehead atoms. The van der Waals surface area contributed by atoms with Gasteiger partial charge in [0.05, 0.1) is 5.69 Å². The quantitative estimate of drug-likeness (QED) is 0.553. The highest BCUT2D eigenvalue weighted by molar-refractivity contribution is 4.97. The van der Waals surface area contributed by atoms with Crippen LogP contribution in [0.3, 0.4) is 0 Å². The van der Waals surface area contributed by atoms with Gasteiger partial charge in [-0.3, -0.25) is 0 Å². The Balaban J connectivity index is 2.83. The summed E-state index contributed by atoms with van der Waals surface area (Å²) in [4.78, 5) is 3.79. The van der Waals surface area contributed by atoms with Gasteiger partial charge in [-0.2, -0.15) is 0 Å². The molecule has 0 fully saturated rings. The molecule has 1 heterocycles. The summed E-state index contributed by atoms with van der Waals surface area (Å²) in [7, 11) is 0. The van der Waals surface area contributed by atoms with E-state index in [-0.39, 0.29) is 0 Å². The minimum Gasteiger partial charge on any atom is -0.325 e. The maximum absolute atomic E-state index is 5.25. The van der Waals surface area contributed by atoms with Gasteiger partial charge in [-0.05, 0) is 18.2 Å².